The van der Waals surface area contributed by atoms with Crippen LogP contribution in [0.2, 0.25) is 0 Å². The minimum Gasteiger partial charge on any atom is -0.399 e. The molecule has 1 aromatic heterocycles. The zero-order valence-corrected chi connectivity index (χ0v) is 15.3. The first-order chi connectivity index (χ1) is 11.7. The van der Waals surface area contributed by atoms with Crippen LogP contribution in [0.1, 0.15) is 43.7 Å². The Hall–Kier alpha value is -2.18. The molecule has 0 atom stereocenters. The molecule has 1 saturated heterocycles. The summed E-state index contributed by atoms with van der Waals surface area (Å²) < 4.78 is 12.2. The van der Waals surface area contributed by atoms with E-state index in [0.29, 0.717) is 11.4 Å². The molecule has 1 aliphatic heterocycles. The molecule has 2 heterocycles. The summed E-state index contributed by atoms with van der Waals surface area (Å²) in [6.45, 7) is 9.88. The lowest BCUT2D eigenvalue weighted by Gasteiger charge is -2.32. The number of benzene rings is 1. The summed E-state index contributed by atoms with van der Waals surface area (Å²) in [5.41, 5.74) is 1.82. The molecule has 130 valence electrons. The predicted octanol–water partition coefficient (Wildman–Crippen LogP) is 2.94. The molecule has 0 bridgehead atoms. The lowest BCUT2D eigenvalue weighted by molar-refractivity contribution is 0.00578. The SMILES string of the molecule is Cc1cccnc1C(=O)Nc1ccccc1B1OC(C)(C)C(C)(C)O1. The number of anilines is 1. The number of nitrogens with one attached hydrogen (secondary N) is 1. The van der Waals surface area contributed by atoms with Crippen LogP contribution < -0.4 is 10.8 Å². The summed E-state index contributed by atoms with van der Waals surface area (Å²) in [5, 5.41) is 2.94. The average molecular weight is 338 g/mol. The van der Waals surface area contributed by atoms with Gasteiger partial charge >= 0.3 is 7.12 Å². The maximum absolute atomic E-state index is 12.6. The normalized spacial score (nSPS) is 18.2. The van der Waals surface area contributed by atoms with Gasteiger partial charge in [-0.25, -0.2) is 0 Å². The van der Waals surface area contributed by atoms with E-state index in [-0.39, 0.29) is 5.91 Å². The van der Waals surface area contributed by atoms with Gasteiger partial charge < -0.3 is 14.6 Å². The van der Waals surface area contributed by atoms with Crippen molar-refractivity contribution in [3.63, 3.8) is 0 Å². The van der Waals surface area contributed by atoms with Crippen molar-refractivity contribution >= 4 is 24.2 Å². The van der Waals surface area contributed by atoms with Crippen LogP contribution in [-0.4, -0.2) is 29.2 Å². The fraction of sp³-hybridized carbons (Fsp3) is 0.368. The number of pyridine rings is 1. The van der Waals surface area contributed by atoms with Crippen LogP contribution in [0.3, 0.4) is 0 Å². The maximum atomic E-state index is 12.6. The Morgan fingerprint density at radius 3 is 2.32 bits per heavy atom. The molecule has 1 fully saturated rings. The largest absolute Gasteiger partial charge is 0.496 e. The van der Waals surface area contributed by atoms with Gasteiger partial charge in [-0.3, -0.25) is 9.78 Å². The van der Waals surface area contributed by atoms with E-state index in [9.17, 15) is 4.79 Å². The number of para-hydroxylation sites is 1. The molecule has 2 aromatic rings. The van der Waals surface area contributed by atoms with Crippen LogP contribution >= 0.6 is 0 Å². The van der Waals surface area contributed by atoms with Gasteiger partial charge in [0, 0.05) is 17.3 Å². The Balaban J connectivity index is 1.88. The van der Waals surface area contributed by atoms with Crippen molar-refractivity contribution in [2.24, 2.45) is 0 Å². The van der Waals surface area contributed by atoms with Gasteiger partial charge in [0.25, 0.3) is 5.91 Å². The van der Waals surface area contributed by atoms with E-state index in [4.69, 9.17) is 9.31 Å². The topological polar surface area (TPSA) is 60.5 Å². The summed E-state index contributed by atoms with van der Waals surface area (Å²) >= 11 is 0. The smallest absolute Gasteiger partial charge is 0.399 e. The van der Waals surface area contributed by atoms with Gasteiger partial charge in [0.05, 0.1) is 11.2 Å². The molecule has 1 N–H and O–H groups in total. The molecule has 1 aliphatic rings. The highest BCUT2D eigenvalue weighted by Gasteiger charge is 2.52. The zero-order valence-electron chi connectivity index (χ0n) is 15.3. The third kappa shape index (κ3) is 3.32. The van der Waals surface area contributed by atoms with Crippen LogP contribution in [0.5, 0.6) is 0 Å². The van der Waals surface area contributed by atoms with E-state index in [0.717, 1.165) is 11.0 Å². The molecule has 25 heavy (non-hydrogen) atoms. The molecule has 5 nitrogen and oxygen atoms in total. The van der Waals surface area contributed by atoms with Crippen molar-refractivity contribution in [2.45, 2.75) is 45.8 Å². The highest BCUT2D eigenvalue weighted by atomic mass is 16.7. The van der Waals surface area contributed by atoms with Crippen molar-refractivity contribution in [1.29, 1.82) is 0 Å². The molecule has 0 unspecified atom stereocenters. The summed E-state index contributed by atoms with van der Waals surface area (Å²) in [5.74, 6) is -0.248. The van der Waals surface area contributed by atoms with Crippen LogP contribution in [0.25, 0.3) is 0 Å². The second-order valence-electron chi connectivity index (χ2n) is 7.30. The molecule has 0 aliphatic carbocycles. The van der Waals surface area contributed by atoms with E-state index in [1.54, 1.807) is 6.20 Å². The fourth-order valence-corrected chi connectivity index (χ4v) is 2.69. The summed E-state index contributed by atoms with van der Waals surface area (Å²) in [6, 6.07) is 11.2. The Kier molecular flexibility index (Phi) is 4.43. The number of aryl methyl sites for hydroxylation is 1. The van der Waals surface area contributed by atoms with Crippen LogP contribution in [0, 0.1) is 6.92 Å². The van der Waals surface area contributed by atoms with Gasteiger partial charge in [0.2, 0.25) is 0 Å². The monoisotopic (exact) mass is 338 g/mol. The number of nitrogens with zero attached hydrogens (tertiary/aromatic N) is 1. The first-order valence-corrected chi connectivity index (χ1v) is 8.39. The van der Waals surface area contributed by atoms with Gasteiger partial charge in [-0.2, -0.15) is 0 Å². The number of carbonyl (C=O) groups excluding carboxylic acids is 1. The maximum Gasteiger partial charge on any atom is 0.496 e. The van der Waals surface area contributed by atoms with Gasteiger partial charge in [-0.15, -0.1) is 0 Å². The van der Waals surface area contributed by atoms with Crippen molar-refractivity contribution in [3.8, 4) is 0 Å². The Bertz CT molecular complexity index is 789. The Morgan fingerprint density at radius 1 is 1.04 bits per heavy atom. The molecule has 1 aromatic carbocycles. The molecule has 0 radical (unpaired) electrons. The van der Waals surface area contributed by atoms with Gasteiger partial charge in [-0.05, 0) is 52.3 Å². The molecule has 3 rings (SSSR count). The van der Waals surface area contributed by atoms with Gasteiger partial charge in [0.1, 0.15) is 5.69 Å². The number of aromatic nitrogens is 1. The highest BCUT2D eigenvalue weighted by Crippen LogP contribution is 2.37. The fourth-order valence-electron chi connectivity index (χ4n) is 2.69. The predicted molar refractivity (Wildman–Crippen MR) is 99.1 cm³/mol. The van der Waals surface area contributed by atoms with Crippen molar-refractivity contribution in [2.75, 3.05) is 5.32 Å². The molecular weight excluding hydrogens is 315 g/mol. The minimum absolute atomic E-state index is 0.248. The van der Waals surface area contributed by atoms with Crippen LogP contribution in [0.4, 0.5) is 5.69 Å². The second kappa shape index (κ2) is 6.28. The van der Waals surface area contributed by atoms with Crippen molar-refractivity contribution < 1.29 is 14.1 Å². The van der Waals surface area contributed by atoms with Gasteiger partial charge in [-0.1, -0.05) is 24.3 Å². The molecule has 6 heteroatoms. The minimum atomic E-state index is -0.536. The Labute approximate surface area is 148 Å². The van der Waals surface area contributed by atoms with Crippen LogP contribution in [-0.2, 0) is 9.31 Å². The lowest BCUT2D eigenvalue weighted by Crippen LogP contribution is -2.41. The second-order valence-corrected chi connectivity index (χ2v) is 7.30. The van der Waals surface area contributed by atoms with E-state index < -0.39 is 18.3 Å². The molecule has 0 spiro atoms. The Morgan fingerprint density at radius 2 is 1.68 bits per heavy atom. The summed E-state index contributed by atoms with van der Waals surface area (Å²) in [6.07, 6.45) is 1.61. The zero-order chi connectivity index (χ0) is 18.2. The average Bonchev–Trinajstić information content (AvgIpc) is 2.76. The van der Waals surface area contributed by atoms with Gasteiger partial charge in [0.15, 0.2) is 0 Å². The third-order valence-corrected chi connectivity index (χ3v) is 4.94. The molecule has 1 amide bonds. The first kappa shape index (κ1) is 17.6. The number of carbonyl (C=O) groups is 1. The van der Waals surface area contributed by atoms with E-state index in [1.165, 1.54) is 0 Å². The quantitative estimate of drug-likeness (QED) is 0.874. The summed E-state index contributed by atoms with van der Waals surface area (Å²) in [4.78, 5) is 16.8. The number of hydrogen-bond donors (Lipinski definition) is 1. The van der Waals surface area contributed by atoms with E-state index in [1.807, 2.05) is 71.0 Å². The van der Waals surface area contributed by atoms with Crippen molar-refractivity contribution in [3.05, 3.63) is 53.9 Å². The highest BCUT2D eigenvalue weighted by molar-refractivity contribution is 6.64. The first-order valence-electron chi connectivity index (χ1n) is 8.39. The van der Waals surface area contributed by atoms with Crippen LogP contribution in [0.15, 0.2) is 42.6 Å². The number of hydrogen-bond acceptors (Lipinski definition) is 4. The molecular formula is C19H23BN2O3. The number of rotatable bonds is 3. The third-order valence-electron chi connectivity index (χ3n) is 4.94. The number of amides is 1. The van der Waals surface area contributed by atoms with E-state index in [2.05, 4.69) is 10.3 Å². The lowest BCUT2D eigenvalue weighted by atomic mass is 9.78. The van der Waals surface area contributed by atoms with E-state index >= 15 is 0 Å². The summed E-state index contributed by atoms with van der Waals surface area (Å²) in [7, 11) is -0.536. The molecule has 0 saturated carbocycles. The van der Waals surface area contributed by atoms with Crippen molar-refractivity contribution in [1.82, 2.24) is 4.98 Å². The standard InChI is InChI=1S/C19H23BN2O3/c1-13-9-8-12-21-16(13)17(23)22-15-11-7-6-10-14(15)20-24-18(2,3)19(4,5)25-20/h6-12H,1-5H3,(H,22,23).